The molecule has 1 saturated heterocycles. The third-order valence-electron chi connectivity index (χ3n) is 3.56. The molecule has 4 nitrogen and oxygen atoms in total. The predicted octanol–water partition coefficient (Wildman–Crippen LogP) is 0.789. The molecule has 88 valence electrons. The SMILES string of the molecule is CN1CCCC(CCN)(c2cncnc2)C1. The maximum absolute atomic E-state index is 5.77. The van der Waals surface area contributed by atoms with E-state index >= 15 is 0 Å². The zero-order chi connectivity index (χ0) is 11.4. The molecule has 0 saturated carbocycles. The molecule has 0 radical (unpaired) electrons. The lowest BCUT2D eigenvalue weighted by Crippen LogP contribution is -2.45. The highest BCUT2D eigenvalue weighted by atomic mass is 15.1. The van der Waals surface area contributed by atoms with Crippen LogP contribution in [0.5, 0.6) is 0 Å². The van der Waals surface area contributed by atoms with Gasteiger partial charge < -0.3 is 10.6 Å². The van der Waals surface area contributed by atoms with Crippen molar-refractivity contribution in [1.82, 2.24) is 14.9 Å². The van der Waals surface area contributed by atoms with Gasteiger partial charge in [0, 0.05) is 24.4 Å². The molecule has 0 amide bonds. The second-order valence-corrected chi connectivity index (χ2v) is 4.79. The summed E-state index contributed by atoms with van der Waals surface area (Å²) in [5.74, 6) is 0. The molecule has 2 rings (SSSR count). The fraction of sp³-hybridized carbons (Fsp3) is 0.667. The zero-order valence-electron chi connectivity index (χ0n) is 9.89. The average Bonchev–Trinajstić information content (AvgIpc) is 2.31. The van der Waals surface area contributed by atoms with Crippen molar-refractivity contribution in [2.45, 2.75) is 24.7 Å². The average molecular weight is 220 g/mol. The van der Waals surface area contributed by atoms with Gasteiger partial charge in [-0.1, -0.05) is 0 Å². The van der Waals surface area contributed by atoms with Crippen molar-refractivity contribution in [1.29, 1.82) is 0 Å². The molecule has 0 spiro atoms. The smallest absolute Gasteiger partial charge is 0.115 e. The molecule has 2 N–H and O–H groups in total. The van der Waals surface area contributed by atoms with Crippen molar-refractivity contribution in [3.63, 3.8) is 0 Å². The first kappa shape index (κ1) is 11.5. The fourth-order valence-electron chi connectivity index (χ4n) is 2.80. The Morgan fingerprint density at radius 2 is 2.19 bits per heavy atom. The number of rotatable bonds is 3. The first-order chi connectivity index (χ1) is 7.77. The molecule has 1 aromatic heterocycles. The van der Waals surface area contributed by atoms with E-state index in [1.54, 1.807) is 6.33 Å². The summed E-state index contributed by atoms with van der Waals surface area (Å²) in [4.78, 5) is 10.7. The molecule has 1 aliphatic heterocycles. The summed E-state index contributed by atoms with van der Waals surface area (Å²) in [6, 6.07) is 0. The van der Waals surface area contributed by atoms with Crippen LogP contribution >= 0.6 is 0 Å². The van der Waals surface area contributed by atoms with E-state index in [2.05, 4.69) is 21.9 Å². The summed E-state index contributed by atoms with van der Waals surface area (Å²) in [5, 5.41) is 0. The topological polar surface area (TPSA) is 55.0 Å². The lowest BCUT2D eigenvalue weighted by Gasteiger charge is -2.41. The number of aromatic nitrogens is 2. The molecule has 1 fully saturated rings. The number of hydrogen-bond donors (Lipinski definition) is 1. The molecular weight excluding hydrogens is 200 g/mol. The van der Waals surface area contributed by atoms with Gasteiger partial charge in [0.15, 0.2) is 0 Å². The van der Waals surface area contributed by atoms with E-state index < -0.39 is 0 Å². The van der Waals surface area contributed by atoms with Crippen molar-refractivity contribution in [3.05, 3.63) is 24.3 Å². The van der Waals surface area contributed by atoms with Crippen LogP contribution in [0, 0.1) is 0 Å². The first-order valence-electron chi connectivity index (χ1n) is 5.91. The van der Waals surface area contributed by atoms with E-state index in [0.29, 0.717) is 0 Å². The minimum atomic E-state index is 0.170. The summed E-state index contributed by atoms with van der Waals surface area (Å²) >= 11 is 0. The van der Waals surface area contributed by atoms with Crippen molar-refractivity contribution < 1.29 is 0 Å². The van der Waals surface area contributed by atoms with Gasteiger partial charge in [-0.15, -0.1) is 0 Å². The summed E-state index contributed by atoms with van der Waals surface area (Å²) < 4.78 is 0. The van der Waals surface area contributed by atoms with Gasteiger partial charge in [-0.25, -0.2) is 9.97 Å². The van der Waals surface area contributed by atoms with Crippen LogP contribution in [0.4, 0.5) is 0 Å². The zero-order valence-corrected chi connectivity index (χ0v) is 9.89. The van der Waals surface area contributed by atoms with Crippen molar-refractivity contribution in [2.75, 3.05) is 26.7 Å². The highest BCUT2D eigenvalue weighted by Gasteiger charge is 2.35. The Morgan fingerprint density at radius 3 is 2.81 bits per heavy atom. The molecule has 1 aliphatic rings. The normalized spacial score (nSPS) is 26.9. The van der Waals surface area contributed by atoms with Crippen LogP contribution in [0.15, 0.2) is 18.7 Å². The van der Waals surface area contributed by atoms with Crippen LogP contribution in [0.2, 0.25) is 0 Å². The summed E-state index contributed by atoms with van der Waals surface area (Å²) in [6.07, 6.45) is 8.92. The van der Waals surface area contributed by atoms with Gasteiger partial charge >= 0.3 is 0 Å². The van der Waals surface area contributed by atoms with Gasteiger partial charge in [0.2, 0.25) is 0 Å². The van der Waals surface area contributed by atoms with Crippen LogP contribution in [-0.2, 0) is 5.41 Å². The third kappa shape index (κ3) is 2.23. The second-order valence-electron chi connectivity index (χ2n) is 4.79. The lowest BCUT2D eigenvalue weighted by molar-refractivity contribution is 0.167. The maximum atomic E-state index is 5.77. The van der Waals surface area contributed by atoms with Crippen LogP contribution in [0.3, 0.4) is 0 Å². The number of hydrogen-bond acceptors (Lipinski definition) is 4. The van der Waals surface area contributed by atoms with Crippen LogP contribution in [0.1, 0.15) is 24.8 Å². The molecule has 0 aromatic carbocycles. The molecular formula is C12H20N4. The summed E-state index contributed by atoms with van der Waals surface area (Å²) in [5.41, 5.74) is 7.18. The Balaban J connectivity index is 2.27. The van der Waals surface area contributed by atoms with Gasteiger partial charge in [-0.05, 0) is 45.0 Å². The van der Waals surface area contributed by atoms with Crippen molar-refractivity contribution >= 4 is 0 Å². The number of nitrogens with zero attached hydrogens (tertiary/aromatic N) is 3. The number of nitrogens with two attached hydrogens (primary N) is 1. The Labute approximate surface area is 96.9 Å². The Hall–Kier alpha value is -1.00. The van der Waals surface area contributed by atoms with Crippen LogP contribution in [0.25, 0.3) is 0 Å². The Morgan fingerprint density at radius 1 is 1.44 bits per heavy atom. The van der Waals surface area contributed by atoms with E-state index in [4.69, 9.17) is 5.73 Å². The lowest BCUT2D eigenvalue weighted by atomic mass is 9.73. The molecule has 1 unspecified atom stereocenters. The molecule has 1 atom stereocenters. The summed E-state index contributed by atoms with van der Waals surface area (Å²) in [7, 11) is 2.17. The maximum Gasteiger partial charge on any atom is 0.115 e. The number of likely N-dealkylation sites (tertiary alicyclic amines) is 1. The summed E-state index contributed by atoms with van der Waals surface area (Å²) in [6.45, 7) is 2.97. The van der Waals surface area contributed by atoms with Gasteiger partial charge in [-0.3, -0.25) is 0 Å². The quantitative estimate of drug-likeness (QED) is 0.818. The van der Waals surface area contributed by atoms with E-state index in [9.17, 15) is 0 Å². The third-order valence-corrected chi connectivity index (χ3v) is 3.56. The van der Waals surface area contributed by atoms with Crippen molar-refractivity contribution in [2.24, 2.45) is 5.73 Å². The highest BCUT2D eigenvalue weighted by Crippen LogP contribution is 2.35. The minimum absolute atomic E-state index is 0.170. The van der Waals surface area contributed by atoms with E-state index in [-0.39, 0.29) is 5.41 Å². The Bertz CT molecular complexity index is 323. The fourth-order valence-corrected chi connectivity index (χ4v) is 2.80. The number of piperidine rings is 1. The molecule has 0 aliphatic carbocycles. The van der Waals surface area contributed by atoms with Gasteiger partial charge in [0.1, 0.15) is 6.33 Å². The monoisotopic (exact) mass is 220 g/mol. The second kappa shape index (κ2) is 4.89. The number of likely N-dealkylation sites (N-methyl/N-ethyl adjacent to an activating group) is 1. The van der Waals surface area contributed by atoms with E-state index in [1.807, 2.05) is 12.4 Å². The Kier molecular flexibility index (Phi) is 3.51. The van der Waals surface area contributed by atoms with Crippen molar-refractivity contribution in [3.8, 4) is 0 Å². The van der Waals surface area contributed by atoms with E-state index in [0.717, 1.165) is 19.5 Å². The van der Waals surface area contributed by atoms with Crippen LogP contribution in [-0.4, -0.2) is 41.5 Å². The van der Waals surface area contributed by atoms with Crippen LogP contribution < -0.4 is 5.73 Å². The van der Waals surface area contributed by atoms with Gasteiger partial charge in [0.25, 0.3) is 0 Å². The molecule has 1 aromatic rings. The highest BCUT2D eigenvalue weighted by molar-refractivity contribution is 5.20. The molecule has 2 heterocycles. The molecule has 4 heteroatoms. The molecule has 0 bridgehead atoms. The predicted molar refractivity (Wildman–Crippen MR) is 64.1 cm³/mol. The molecule has 16 heavy (non-hydrogen) atoms. The van der Waals surface area contributed by atoms with Gasteiger partial charge in [0.05, 0.1) is 0 Å². The largest absolute Gasteiger partial charge is 0.330 e. The van der Waals surface area contributed by atoms with E-state index in [1.165, 1.54) is 24.9 Å². The standard InChI is InChI=1S/C12H20N4/c1-16-6-2-3-12(9-16,4-5-13)11-7-14-10-15-8-11/h7-8,10H,2-6,9,13H2,1H3. The van der Waals surface area contributed by atoms with Gasteiger partial charge in [-0.2, -0.15) is 0 Å². The first-order valence-corrected chi connectivity index (χ1v) is 5.91. The minimum Gasteiger partial charge on any atom is -0.330 e.